The highest BCUT2D eigenvalue weighted by Crippen LogP contribution is 2.40. The lowest BCUT2D eigenvalue weighted by molar-refractivity contribution is -0.184. The molecule has 2 unspecified atom stereocenters. The number of halogens is 3. The maximum atomic E-state index is 12.1. The van der Waals surface area contributed by atoms with Gasteiger partial charge in [0.1, 0.15) is 12.1 Å². The van der Waals surface area contributed by atoms with Crippen molar-refractivity contribution >= 4 is 5.91 Å². The molecule has 4 nitrogen and oxygen atoms in total. The lowest BCUT2D eigenvalue weighted by Gasteiger charge is -2.37. The summed E-state index contributed by atoms with van der Waals surface area (Å²) in [7, 11) is 1.40. The van der Waals surface area contributed by atoms with Crippen molar-refractivity contribution in [1.82, 2.24) is 5.06 Å². The summed E-state index contributed by atoms with van der Waals surface area (Å²) >= 11 is 0. The SMILES string of the molecule is CON1C(=O)CCC12C=CC(OCC(F)(F)F)C=C2C. The van der Waals surface area contributed by atoms with Gasteiger partial charge in [-0.1, -0.05) is 18.2 Å². The second-order valence-corrected chi connectivity index (χ2v) is 4.89. The first kappa shape index (κ1) is 15.1. The molecule has 1 aliphatic heterocycles. The highest BCUT2D eigenvalue weighted by molar-refractivity contribution is 5.80. The zero-order valence-electron chi connectivity index (χ0n) is 11.2. The van der Waals surface area contributed by atoms with Crippen LogP contribution in [0.4, 0.5) is 13.2 Å². The number of hydroxylamine groups is 2. The van der Waals surface area contributed by atoms with Gasteiger partial charge in [-0.05, 0) is 18.9 Å². The molecule has 1 spiro atoms. The summed E-state index contributed by atoms with van der Waals surface area (Å²) in [5.41, 5.74) is 0.0593. The Morgan fingerprint density at radius 2 is 2.20 bits per heavy atom. The van der Waals surface area contributed by atoms with Crippen molar-refractivity contribution < 1.29 is 27.5 Å². The van der Waals surface area contributed by atoms with Gasteiger partial charge in [-0.25, -0.2) is 5.06 Å². The fraction of sp³-hybridized carbons (Fsp3) is 0.615. The van der Waals surface area contributed by atoms with Crippen molar-refractivity contribution in [2.45, 2.75) is 37.6 Å². The van der Waals surface area contributed by atoms with Gasteiger partial charge in [0.15, 0.2) is 0 Å². The van der Waals surface area contributed by atoms with Gasteiger partial charge >= 0.3 is 6.18 Å². The standard InChI is InChI=1S/C13H16F3NO3/c1-9-7-10(20-8-13(14,15)16)3-5-12(9)6-4-11(18)17(12)19-2/h3,5,7,10H,4,6,8H2,1-2H3. The van der Waals surface area contributed by atoms with Gasteiger partial charge in [-0.2, -0.15) is 13.2 Å². The van der Waals surface area contributed by atoms with Crippen LogP contribution in [0.2, 0.25) is 0 Å². The van der Waals surface area contributed by atoms with Gasteiger partial charge in [0.2, 0.25) is 5.91 Å². The lowest BCUT2D eigenvalue weighted by Crippen LogP contribution is -2.46. The fourth-order valence-corrected chi connectivity index (χ4v) is 2.62. The Morgan fingerprint density at radius 1 is 1.50 bits per heavy atom. The van der Waals surface area contributed by atoms with Crippen LogP contribution >= 0.6 is 0 Å². The van der Waals surface area contributed by atoms with Gasteiger partial charge in [-0.15, -0.1) is 0 Å². The van der Waals surface area contributed by atoms with E-state index in [0.29, 0.717) is 12.8 Å². The third-order valence-corrected chi connectivity index (χ3v) is 3.59. The van der Waals surface area contributed by atoms with Crippen molar-refractivity contribution in [3.63, 3.8) is 0 Å². The average molecular weight is 291 g/mol. The number of ether oxygens (including phenoxy) is 1. The maximum absolute atomic E-state index is 12.1. The summed E-state index contributed by atoms with van der Waals surface area (Å²) < 4.78 is 41.2. The number of carbonyl (C=O) groups excluding carboxylic acids is 1. The minimum Gasteiger partial charge on any atom is -0.361 e. The predicted octanol–water partition coefficient (Wildman–Crippen LogP) is 2.37. The van der Waals surface area contributed by atoms with E-state index in [2.05, 4.69) is 0 Å². The third-order valence-electron chi connectivity index (χ3n) is 3.59. The molecule has 7 heteroatoms. The Balaban J connectivity index is 2.11. The molecule has 1 aliphatic carbocycles. The molecule has 0 radical (unpaired) electrons. The topological polar surface area (TPSA) is 38.8 Å². The monoisotopic (exact) mass is 291 g/mol. The Hall–Kier alpha value is -1.34. The van der Waals surface area contributed by atoms with Crippen molar-refractivity contribution in [2.75, 3.05) is 13.7 Å². The lowest BCUT2D eigenvalue weighted by atomic mass is 9.84. The number of carbonyl (C=O) groups is 1. The number of alkyl halides is 3. The Kier molecular flexibility index (Phi) is 3.93. The Bertz CT molecular complexity index is 458. The molecular formula is C13H16F3NO3. The third kappa shape index (κ3) is 2.73. The molecule has 2 atom stereocenters. The van der Waals surface area contributed by atoms with Crippen molar-refractivity contribution in [3.8, 4) is 0 Å². The number of rotatable bonds is 3. The molecule has 0 aromatic carbocycles. The highest BCUT2D eigenvalue weighted by atomic mass is 19.4. The minimum absolute atomic E-state index is 0.139. The molecule has 0 N–H and O–H groups in total. The summed E-state index contributed by atoms with van der Waals surface area (Å²) in [6, 6.07) is 0. The van der Waals surface area contributed by atoms with E-state index in [1.54, 1.807) is 19.1 Å². The van der Waals surface area contributed by atoms with E-state index < -0.39 is 24.4 Å². The minimum atomic E-state index is -4.35. The van der Waals surface area contributed by atoms with Gasteiger partial charge in [0.25, 0.3) is 0 Å². The van der Waals surface area contributed by atoms with Gasteiger partial charge in [0, 0.05) is 6.42 Å². The van der Waals surface area contributed by atoms with Crippen molar-refractivity contribution in [1.29, 1.82) is 0 Å². The molecule has 0 bridgehead atoms. The second-order valence-electron chi connectivity index (χ2n) is 4.89. The molecule has 1 saturated heterocycles. The van der Waals surface area contributed by atoms with Crippen LogP contribution in [0.5, 0.6) is 0 Å². The van der Waals surface area contributed by atoms with Crippen LogP contribution in [-0.2, 0) is 14.4 Å². The zero-order chi connectivity index (χ0) is 15.0. The van der Waals surface area contributed by atoms with E-state index in [4.69, 9.17) is 9.57 Å². The number of hydrogen-bond donors (Lipinski definition) is 0. The van der Waals surface area contributed by atoms with E-state index in [1.165, 1.54) is 18.2 Å². The molecule has 20 heavy (non-hydrogen) atoms. The van der Waals surface area contributed by atoms with Crippen LogP contribution in [-0.4, -0.2) is 42.5 Å². The van der Waals surface area contributed by atoms with Gasteiger partial charge in [0.05, 0.1) is 13.2 Å². The van der Waals surface area contributed by atoms with Crippen molar-refractivity contribution in [3.05, 3.63) is 23.8 Å². The summed E-state index contributed by atoms with van der Waals surface area (Å²) in [6.45, 7) is 0.462. The van der Waals surface area contributed by atoms with Crippen LogP contribution in [0.15, 0.2) is 23.8 Å². The van der Waals surface area contributed by atoms with Crippen LogP contribution < -0.4 is 0 Å². The summed E-state index contributed by atoms with van der Waals surface area (Å²) in [6.07, 6.45) is 0.614. The molecule has 2 aliphatic rings. The summed E-state index contributed by atoms with van der Waals surface area (Å²) in [5.74, 6) is -0.139. The average Bonchev–Trinajstić information content (AvgIpc) is 2.68. The normalized spacial score (nSPS) is 30.2. The van der Waals surface area contributed by atoms with E-state index >= 15 is 0 Å². The smallest absolute Gasteiger partial charge is 0.361 e. The maximum Gasteiger partial charge on any atom is 0.411 e. The molecule has 1 amide bonds. The second kappa shape index (κ2) is 5.21. The van der Waals surface area contributed by atoms with Crippen LogP contribution in [0.3, 0.4) is 0 Å². The Labute approximate surface area is 114 Å². The molecule has 112 valence electrons. The molecule has 0 saturated carbocycles. The molecule has 2 rings (SSSR count). The first-order valence-corrected chi connectivity index (χ1v) is 6.22. The highest BCUT2D eigenvalue weighted by Gasteiger charge is 2.47. The molecule has 0 aromatic heterocycles. The first-order chi connectivity index (χ1) is 9.28. The number of hydrogen-bond acceptors (Lipinski definition) is 3. The molecular weight excluding hydrogens is 275 g/mol. The fourth-order valence-electron chi connectivity index (χ4n) is 2.62. The van der Waals surface area contributed by atoms with Crippen LogP contribution in [0, 0.1) is 0 Å². The predicted molar refractivity (Wildman–Crippen MR) is 64.5 cm³/mol. The quantitative estimate of drug-likeness (QED) is 0.749. The first-order valence-electron chi connectivity index (χ1n) is 6.22. The Morgan fingerprint density at radius 3 is 2.75 bits per heavy atom. The van der Waals surface area contributed by atoms with Crippen molar-refractivity contribution in [2.24, 2.45) is 0 Å². The number of amides is 1. The van der Waals surface area contributed by atoms with E-state index in [9.17, 15) is 18.0 Å². The summed E-state index contributed by atoms with van der Waals surface area (Å²) in [5, 5.41) is 1.27. The summed E-state index contributed by atoms with van der Waals surface area (Å²) in [4.78, 5) is 16.8. The number of nitrogens with zero attached hydrogens (tertiary/aromatic N) is 1. The van der Waals surface area contributed by atoms with Crippen LogP contribution in [0.1, 0.15) is 19.8 Å². The molecule has 1 fully saturated rings. The van der Waals surface area contributed by atoms with Gasteiger partial charge in [-0.3, -0.25) is 9.63 Å². The van der Waals surface area contributed by atoms with E-state index in [1.807, 2.05) is 0 Å². The molecule has 1 heterocycles. The van der Waals surface area contributed by atoms with Crippen LogP contribution in [0.25, 0.3) is 0 Å². The largest absolute Gasteiger partial charge is 0.411 e. The van der Waals surface area contributed by atoms with E-state index in [0.717, 1.165) is 5.57 Å². The zero-order valence-corrected chi connectivity index (χ0v) is 11.2. The van der Waals surface area contributed by atoms with Gasteiger partial charge < -0.3 is 4.74 Å². The molecule has 0 aromatic rings. The van der Waals surface area contributed by atoms with E-state index in [-0.39, 0.29) is 5.91 Å².